The van der Waals surface area contributed by atoms with Crippen molar-refractivity contribution in [1.29, 1.82) is 5.26 Å². The summed E-state index contributed by atoms with van der Waals surface area (Å²) < 4.78 is 0. The number of hydrogen-bond donors (Lipinski definition) is 2. The molecular formula is C22H26N3OS+. The third kappa shape index (κ3) is 4.07. The van der Waals surface area contributed by atoms with Gasteiger partial charge in [-0.1, -0.05) is 30.7 Å². The first-order valence-corrected chi connectivity index (χ1v) is 10.8. The Morgan fingerprint density at radius 2 is 1.96 bits per heavy atom. The van der Waals surface area contributed by atoms with Gasteiger partial charge in [-0.3, -0.25) is 4.79 Å². The van der Waals surface area contributed by atoms with E-state index in [1.165, 1.54) is 39.3 Å². The minimum atomic E-state index is 0.0364. The Labute approximate surface area is 164 Å². The number of benzene rings is 1. The van der Waals surface area contributed by atoms with Crippen molar-refractivity contribution in [2.75, 3.05) is 18.4 Å². The third-order valence-corrected chi connectivity index (χ3v) is 7.01. The first kappa shape index (κ1) is 18.2. The zero-order valence-electron chi connectivity index (χ0n) is 15.6. The predicted molar refractivity (Wildman–Crippen MR) is 108 cm³/mol. The molecule has 1 unspecified atom stereocenters. The Morgan fingerprint density at radius 1 is 1.15 bits per heavy atom. The molecule has 5 heteroatoms. The van der Waals surface area contributed by atoms with Gasteiger partial charge in [-0.15, -0.1) is 11.3 Å². The molecule has 2 aromatic rings. The second-order valence-electron chi connectivity index (χ2n) is 7.62. The van der Waals surface area contributed by atoms with E-state index in [0.717, 1.165) is 50.3 Å². The van der Waals surface area contributed by atoms with Crippen LogP contribution in [0.4, 0.5) is 5.00 Å². The van der Waals surface area contributed by atoms with Gasteiger partial charge in [0.05, 0.1) is 25.1 Å². The number of amides is 1. The number of fused-ring (bicyclic) bond motifs is 2. The van der Waals surface area contributed by atoms with E-state index < -0.39 is 0 Å². The van der Waals surface area contributed by atoms with E-state index in [-0.39, 0.29) is 5.91 Å². The Kier molecular flexibility index (Phi) is 5.56. The van der Waals surface area contributed by atoms with Gasteiger partial charge in [-0.25, -0.2) is 0 Å². The Morgan fingerprint density at radius 3 is 2.81 bits per heavy atom. The van der Waals surface area contributed by atoms with Crippen molar-refractivity contribution in [1.82, 2.24) is 0 Å². The summed E-state index contributed by atoms with van der Waals surface area (Å²) in [7, 11) is 0. The van der Waals surface area contributed by atoms with Crippen molar-refractivity contribution in [2.45, 2.75) is 51.5 Å². The summed E-state index contributed by atoms with van der Waals surface area (Å²) in [6.45, 7) is 2.92. The highest BCUT2D eigenvalue weighted by Crippen LogP contribution is 2.36. The summed E-state index contributed by atoms with van der Waals surface area (Å²) in [4.78, 5) is 15.3. The minimum Gasteiger partial charge on any atom is -0.330 e. The monoisotopic (exact) mass is 380 g/mol. The first-order valence-electron chi connectivity index (χ1n) is 9.99. The van der Waals surface area contributed by atoms with Crippen molar-refractivity contribution in [3.8, 4) is 6.07 Å². The first-order chi connectivity index (χ1) is 13.2. The molecule has 1 aliphatic heterocycles. The maximum Gasteiger partial charge on any atom is 0.230 e. The number of nitriles is 1. The van der Waals surface area contributed by atoms with E-state index in [4.69, 9.17) is 0 Å². The quantitative estimate of drug-likeness (QED) is 0.802. The lowest BCUT2D eigenvalue weighted by molar-refractivity contribution is -0.915. The second kappa shape index (κ2) is 8.24. The molecule has 2 N–H and O–H groups in total. The summed E-state index contributed by atoms with van der Waals surface area (Å²) >= 11 is 1.62. The van der Waals surface area contributed by atoms with E-state index in [1.807, 2.05) is 0 Å². The van der Waals surface area contributed by atoms with E-state index in [2.05, 4.69) is 35.7 Å². The summed E-state index contributed by atoms with van der Waals surface area (Å²) in [5.74, 6) is 0.0364. The van der Waals surface area contributed by atoms with Gasteiger partial charge in [-0.2, -0.15) is 5.26 Å². The Balaban J connectivity index is 1.36. The van der Waals surface area contributed by atoms with Gasteiger partial charge in [0.25, 0.3) is 0 Å². The number of hydrogen-bond acceptors (Lipinski definition) is 3. The van der Waals surface area contributed by atoms with Crippen LogP contribution in [0.15, 0.2) is 24.3 Å². The highest BCUT2D eigenvalue weighted by atomic mass is 32.1. The average molecular weight is 381 g/mol. The number of thiophene rings is 1. The molecule has 2 aliphatic rings. The number of quaternary nitrogens is 1. The number of nitrogens with one attached hydrogen (secondary N) is 2. The van der Waals surface area contributed by atoms with E-state index >= 15 is 0 Å². The number of carbonyl (C=O) groups excluding carboxylic acids is 1. The number of nitrogens with zero attached hydrogens (tertiary/aromatic N) is 1. The smallest absolute Gasteiger partial charge is 0.230 e. The van der Waals surface area contributed by atoms with Crippen molar-refractivity contribution in [3.05, 3.63) is 51.4 Å². The molecule has 0 bridgehead atoms. The number of rotatable bonds is 4. The third-order valence-electron chi connectivity index (χ3n) is 5.80. The molecule has 1 aromatic carbocycles. The van der Waals surface area contributed by atoms with Gasteiger partial charge in [0, 0.05) is 16.9 Å². The summed E-state index contributed by atoms with van der Waals surface area (Å²) in [6.07, 6.45) is 7.17. The average Bonchev–Trinajstić information content (AvgIpc) is 2.85. The number of carbonyl (C=O) groups is 1. The van der Waals surface area contributed by atoms with Crippen LogP contribution >= 0.6 is 11.3 Å². The van der Waals surface area contributed by atoms with Crippen LogP contribution in [0.25, 0.3) is 0 Å². The molecule has 140 valence electrons. The fourth-order valence-electron chi connectivity index (χ4n) is 4.28. The van der Waals surface area contributed by atoms with E-state index in [9.17, 15) is 10.1 Å². The fraction of sp³-hybridized carbons (Fsp3) is 0.455. The second-order valence-corrected chi connectivity index (χ2v) is 8.73. The van der Waals surface area contributed by atoms with Crippen molar-refractivity contribution >= 4 is 22.2 Å². The van der Waals surface area contributed by atoms with Gasteiger partial charge < -0.3 is 10.2 Å². The lowest BCUT2D eigenvalue weighted by Crippen LogP contribution is -3.11. The predicted octanol–water partition coefficient (Wildman–Crippen LogP) is 2.86. The summed E-state index contributed by atoms with van der Waals surface area (Å²) in [6, 6.07) is 11.0. The van der Waals surface area contributed by atoms with Crippen LogP contribution in [0.1, 0.15) is 52.8 Å². The molecule has 1 aliphatic carbocycles. The van der Waals surface area contributed by atoms with Crippen molar-refractivity contribution in [2.24, 2.45) is 0 Å². The lowest BCUT2D eigenvalue weighted by atomic mass is 10.00. The normalized spacial score (nSPS) is 18.7. The largest absolute Gasteiger partial charge is 0.330 e. The maximum absolute atomic E-state index is 12.5. The highest BCUT2D eigenvalue weighted by Gasteiger charge is 2.23. The minimum absolute atomic E-state index is 0.0364. The SMILES string of the molecule is N#Cc1c(NC(=O)CC[NH+]2CCc3ccccc3C2)sc2c1CCCCC2. The van der Waals surface area contributed by atoms with Crippen molar-refractivity contribution < 1.29 is 9.69 Å². The summed E-state index contributed by atoms with van der Waals surface area (Å²) in [5, 5.41) is 13.4. The van der Waals surface area contributed by atoms with Crippen LogP contribution < -0.4 is 10.2 Å². The zero-order valence-corrected chi connectivity index (χ0v) is 16.5. The number of aryl methyl sites for hydroxylation is 1. The molecule has 4 rings (SSSR count). The molecular weight excluding hydrogens is 354 g/mol. The molecule has 4 nitrogen and oxygen atoms in total. The van der Waals surface area contributed by atoms with E-state index in [0.29, 0.717) is 12.0 Å². The van der Waals surface area contributed by atoms with E-state index in [1.54, 1.807) is 11.3 Å². The molecule has 1 aromatic heterocycles. The molecule has 0 fully saturated rings. The fourth-order valence-corrected chi connectivity index (χ4v) is 5.54. The van der Waals surface area contributed by atoms with Gasteiger partial charge in [-0.05, 0) is 36.8 Å². The molecule has 1 amide bonds. The molecule has 0 saturated carbocycles. The molecule has 0 saturated heterocycles. The van der Waals surface area contributed by atoms with Crippen LogP contribution in [-0.4, -0.2) is 19.0 Å². The summed E-state index contributed by atoms with van der Waals surface area (Å²) in [5.41, 5.74) is 4.76. The molecule has 1 atom stereocenters. The molecule has 0 radical (unpaired) electrons. The Bertz CT molecular complexity index is 880. The van der Waals surface area contributed by atoms with Crippen LogP contribution in [0.2, 0.25) is 0 Å². The van der Waals surface area contributed by atoms with Gasteiger partial charge >= 0.3 is 0 Å². The Hall–Kier alpha value is -2.16. The topological polar surface area (TPSA) is 57.3 Å². The molecule has 0 spiro atoms. The van der Waals surface area contributed by atoms with Crippen LogP contribution in [0.5, 0.6) is 0 Å². The molecule has 27 heavy (non-hydrogen) atoms. The van der Waals surface area contributed by atoms with Crippen molar-refractivity contribution in [3.63, 3.8) is 0 Å². The van der Waals surface area contributed by atoms with Gasteiger partial charge in [0.1, 0.15) is 17.6 Å². The van der Waals surface area contributed by atoms with Crippen LogP contribution in [0, 0.1) is 11.3 Å². The van der Waals surface area contributed by atoms with Crippen LogP contribution in [-0.2, 0) is 30.6 Å². The highest BCUT2D eigenvalue weighted by molar-refractivity contribution is 7.16. The standard InChI is InChI=1S/C22H25N3OS/c23-14-19-18-8-2-1-3-9-20(18)27-22(19)24-21(26)11-13-25-12-10-16-6-4-5-7-17(16)15-25/h4-7H,1-3,8-13,15H2,(H,24,26)/p+1. The maximum atomic E-state index is 12.5. The van der Waals surface area contributed by atoms with Gasteiger partial charge in [0.15, 0.2) is 0 Å². The zero-order chi connectivity index (χ0) is 18.6. The lowest BCUT2D eigenvalue weighted by Gasteiger charge is -2.25. The van der Waals surface area contributed by atoms with Crippen LogP contribution in [0.3, 0.4) is 0 Å². The number of anilines is 1. The molecule has 2 heterocycles. The van der Waals surface area contributed by atoms with Gasteiger partial charge in [0.2, 0.25) is 5.91 Å².